The first-order chi connectivity index (χ1) is 19.8. The van der Waals surface area contributed by atoms with Crippen LogP contribution in [0.3, 0.4) is 0 Å². The van der Waals surface area contributed by atoms with E-state index in [9.17, 15) is 31.2 Å². The van der Waals surface area contributed by atoms with Gasteiger partial charge in [0.2, 0.25) is 15.9 Å². The van der Waals surface area contributed by atoms with Gasteiger partial charge in [-0.25, -0.2) is 23.2 Å². The molecule has 1 aliphatic heterocycles. The zero-order valence-corrected chi connectivity index (χ0v) is 23.9. The van der Waals surface area contributed by atoms with Gasteiger partial charge in [0, 0.05) is 26.2 Å². The molecule has 14 heteroatoms. The van der Waals surface area contributed by atoms with Gasteiger partial charge in [0.1, 0.15) is 11.9 Å². The van der Waals surface area contributed by atoms with E-state index in [1.54, 1.807) is 4.90 Å². The fourth-order valence-electron chi connectivity index (χ4n) is 4.45. The van der Waals surface area contributed by atoms with E-state index in [1.807, 2.05) is 24.3 Å². The molecule has 0 radical (unpaired) electrons. The number of sulfonamides is 1. The molecular formula is C28H30F3N5O5S. The normalized spacial score (nSPS) is 16.4. The molecule has 224 valence electrons. The van der Waals surface area contributed by atoms with E-state index in [2.05, 4.69) is 33.9 Å². The van der Waals surface area contributed by atoms with E-state index in [0.29, 0.717) is 23.9 Å². The Morgan fingerprint density at radius 1 is 1.02 bits per heavy atom. The number of hydrogen-bond acceptors (Lipinski definition) is 8. The Bertz CT molecular complexity index is 1510. The van der Waals surface area contributed by atoms with Gasteiger partial charge >= 0.3 is 12.1 Å². The second kappa shape index (κ2) is 12.4. The molecule has 1 fully saturated rings. The number of alkyl halides is 3. The number of carbonyl (C=O) groups excluding carboxylic acids is 2. The largest absolute Gasteiger partial charge is 0.464 e. The third-order valence-corrected chi connectivity index (χ3v) is 8.81. The maximum absolute atomic E-state index is 13.6. The van der Waals surface area contributed by atoms with Gasteiger partial charge in [-0.15, -0.1) is 0 Å². The fourth-order valence-corrected chi connectivity index (χ4v) is 6.02. The summed E-state index contributed by atoms with van der Waals surface area (Å²) >= 11 is 0. The van der Waals surface area contributed by atoms with E-state index in [-0.39, 0.29) is 36.8 Å². The zero-order valence-electron chi connectivity index (χ0n) is 23.1. The summed E-state index contributed by atoms with van der Waals surface area (Å²) in [7, 11) is -3.16. The number of esters is 1. The van der Waals surface area contributed by atoms with Gasteiger partial charge < -0.3 is 15.0 Å². The summed E-state index contributed by atoms with van der Waals surface area (Å²) in [5.74, 6) is -0.644. The average Bonchev–Trinajstić information content (AvgIpc) is 2.99. The van der Waals surface area contributed by atoms with Crippen LogP contribution in [0.15, 0.2) is 65.8 Å². The summed E-state index contributed by atoms with van der Waals surface area (Å²) in [5.41, 5.74) is 0.920. The number of aromatic nitrogens is 2. The number of halogens is 3. The third-order valence-electron chi connectivity index (χ3n) is 6.89. The van der Waals surface area contributed by atoms with Crippen molar-refractivity contribution in [1.82, 2.24) is 19.6 Å². The van der Waals surface area contributed by atoms with Crippen LogP contribution < -0.4 is 10.2 Å². The average molecular weight is 606 g/mol. The van der Waals surface area contributed by atoms with Crippen molar-refractivity contribution in [2.45, 2.75) is 43.4 Å². The van der Waals surface area contributed by atoms with Gasteiger partial charge in [0.25, 0.3) is 0 Å². The zero-order chi connectivity index (χ0) is 30.7. The van der Waals surface area contributed by atoms with Crippen LogP contribution in [0.4, 0.5) is 19.0 Å². The maximum Gasteiger partial charge on any atom is 0.416 e. The molecular weight excluding hydrogens is 575 g/mol. The number of amides is 1. The van der Waals surface area contributed by atoms with E-state index in [4.69, 9.17) is 0 Å². The van der Waals surface area contributed by atoms with Crippen LogP contribution >= 0.6 is 0 Å². The Kier molecular flexibility index (Phi) is 9.16. The van der Waals surface area contributed by atoms with Crippen LogP contribution in [0.5, 0.6) is 0 Å². The number of nitrogens with zero attached hydrogens (tertiary/aromatic N) is 4. The Labute approximate surface area is 241 Å². The third kappa shape index (κ3) is 6.87. The molecule has 0 unspecified atom stereocenters. The molecule has 42 heavy (non-hydrogen) atoms. The van der Waals surface area contributed by atoms with Crippen LogP contribution in [0, 0.1) is 0 Å². The predicted octanol–water partition coefficient (Wildman–Crippen LogP) is 3.60. The molecule has 2 heterocycles. The minimum Gasteiger partial charge on any atom is -0.464 e. The number of rotatable bonds is 8. The van der Waals surface area contributed by atoms with Crippen molar-refractivity contribution in [2.75, 3.05) is 31.6 Å². The number of anilines is 1. The Morgan fingerprint density at radius 3 is 2.24 bits per heavy atom. The van der Waals surface area contributed by atoms with Gasteiger partial charge in [-0.1, -0.05) is 38.1 Å². The lowest BCUT2D eigenvalue weighted by molar-refractivity contribution is -0.137. The number of carbonyl (C=O) groups is 2. The van der Waals surface area contributed by atoms with Crippen molar-refractivity contribution in [3.05, 3.63) is 83.3 Å². The Hall–Kier alpha value is -4.04. The van der Waals surface area contributed by atoms with Crippen LogP contribution in [0.25, 0.3) is 0 Å². The van der Waals surface area contributed by atoms with Crippen molar-refractivity contribution >= 4 is 27.7 Å². The Balaban J connectivity index is 1.59. The molecule has 1 atom stereocenters. The standard InChI is InChI=1S/C28H30F3N5O5S/c1-18(2)20-6-4-19(5-7-20)14-34-26(37)24-17-35(25-16-32-23(15-33-25)27(38)41-3)12-13-36(24)42(39,40)22-10-8-21(9-11-22)28(29,30)31/h4-11,15-16,18,24H,12-14,17H2,1-3H3,(H,34,37)/t24-/m1/s1. The predicted molar refractivity (Wildman–Crippen MR) is 147 cm³/mol. The lowest BCUT2D eigenvalue weighted by Gasteiger charge is -2.40. The molecule has 0 bridgehead atoms. The molecule has 0 aliphatic carbocycles. The van der Waals surface area contributed by atoms with Crippen molar-refractivity contribution in [3.63, 3.8) is 0 Å². The lowest BCUT2D eigenvalue weighted by Crippen LogP contribution is -2.60. The highest BCUT2D eigenvalue weighted by atomic mass is 32.2. The SMILES string of the molecule is COC(=O)c1cnc(N2CCN(S(=O)(=O)c3ccc(C(F)(F)F)cc3)[C@@H](C(=O)NCc3ccc(C(C)C)cc3)C2)cn1. The van der Waals surface area contributed by atoms with E-state index < -0.39 is 39.7 Å². The van der Waals surface area contributed by atoms with Crippen molar-refractivity contribution in [1.29, 1.82) is 0 Å². The fraction of sp³-hybridized carbons (Fsp3) is 0.357. The molecule has 4 rings (SSSR count). The number of nitrogens with one attached hydrogen (secondary N) is 1. The minimum atomic E-state index is -4.63. The van der Waals surface area contributed by atoms with Crippen LogP contribution in [0.2, 0.25) is 0 Å². The summed E-state index contributed by atoms with van der Waals surface area (Å²) in [6, 6.07) is 9.55. The summed E-state index contributed by atoms with van der Waals surface area (Å²) in [6.07, 6.45) is -2.10. The molecule has 1 aromatic heterocycles. The summed E-state index contributed by atoms with van der Waals surface area (Å²) in [6.45, 7) is 4.08. The molecule has 10 nitrogen and oxygen atoms in total. The topological polar surface area (TPSA) is 122 Å². The van der Waals surface area contributed by atoms with Gasteiger partial charge in [-0.2, -0.15) is 17.5 Å². The molecule has 1 amide bonds. The quantitative estimate of drug-likeness (QED) is 0.387. The molecule has 0 spiro atoms. The highest BCUT2D eigenvalue weighted by Gasteiger charge is 2.41. The number of ether oxygens (including phenoxy) is 1. The molecule has 1 saturated heterocycles. The number of benzene rings is 2. The second-order valence-corrected chi connectivity index (χ2v) is 11.9. The summed E-state index contributed by atoms with van der Waals surface area (Å²) in [4.78, 5) is 34.7. The smallest absolute Gasteiger partial charge is 0.416 e. The van der Waals surface area contributed by atoms with Gasteiger partial charge in [0.15, 0.2) is 5.69 Å². The summed E-state index contributed by atoms with van der Waals surface area (Å²) < 4.78 is 72.0. The Morgan fingerprint density at radius 2 is 1.69 bits per heavy atom. The van der Waals surface area contributed by atoms with E-state index in [0.717, 1.165) is 27.6 Å². The van der Waals surface area contributed by atoms with E-state index in [1.165, 1.54) is 19.5 Å². The monoisotopic (exact) mass is 605 g/mol. The number of piperazine rings is 1. The van der Waals surface area contributed by atoms with E-state index >= 15 is 0 Å². The number of hydrogen-bond donors (Lipinski definition) is 1. The lowest BCUT2D eigenvalue weighted by atomic mass is 10.0. The number of methoxy groups -OCH3 is 1. The molecule has 3 aromatic rings. The molecule has 1 aliphatic rings. The van der Waals surface area contributed by atoms with Gasteiger partial charge in [-0.3, -0.25) is 4.79 Å². The molecule has 1 N–H and O–H groups in total. The first kappa shape index (κ1) is 30.9. The maximum atomic E-state index is 13.6. The van der Waals surface area contributed by atoms with Crippen LogP contribution in [-0.2, 0) is 32.3 Å². The van der Waals surface area contributed by atoms with Crippen LogP contribution in [0.1, 0.15) is 46.9 Å². The highest BCUT2D eigenvalue weighted by Crippen LogP contribution is 2.31. The summed E-state index contributed by atoms with van der Waals surface area (Å²) in [5, 5.41) is 2.79. The highest BCUT2D eigenvalue weighted by molar-refractivity contribution is 7.89. The van der Waals surface area contributed by atoms with Gasteiger partial charge in [0.05, 0.1) is 30.0 Å². The molecule has 2 aromatic carbocycles. The van der Waals surface area contributed by atoms with Crippen molar-refractivity contribution < 1.29 is 35.9 Å². The van der Waals surface area contributed by atoms with Gasteiger partial charge in [-0.05, 0) is 41.3 Å². The molecule has 0 saturated carbocycles. The minimum absolute atomic E-state index is 0.0254. The van der Waals surface area contributed by atoms with Crippen molar-refractivity contribution in [2.24, 2.45) is 0 Å². The first-order valence-electron chi connectivity index (χ1n) is 13.0. The second-order valence-electron chi connectivity index (χ2n) is 9.97. The van der Waals surface area contributed by atoms with Crippen LogP contribution in [-0.4, -0.2) is 67.4 Å². The van der Waals surface area contributed by atoms with Crippen molar-refractivity contribution in [3.8, 4) is 0 Å². The first-order valence-corrected chi connectivity index (χ1v) is 14.5.